The smallest absolute Gasteiger partial charge is 0.227 e. The van der Waals surface area contributed by atoms with Gasteiger partial charge in [-0.05, 0) is 37.5 Å². The number of nitrogens with one attached hydrogen (secondary N) is 1. The lowest BCUT2D eigenvalue weighted by Gasteiger charge is -2.13. The number of ether oxygens (including phenoxy) is 2. The van der Waals surface area contributed by atoms with Crippen molar-refractivity contribution < 1.29 is 14.3 Å². The highest BCUT2D eigenvalue weighted by Crippen LogP contribution is 2.29. The zero-order valence-electron chi connectivity index (χ0n) is 12.5. The summed E-state index contributed by atoms with van der Waals surface area (Å²) < 4.78 is 10.4. The molecule has 2 atom stereocenters. The molecule has 1 fully saturated rings. The van der Waals surface area contributed by atoms with E-state index in [-0.39, 0.29) is 30.3 Å². The SMILES string of the molecule is COCCOc1ccc(NC(=O)C2CCC(N)C2)cc1Cl.Cl. The standard InChI is InChI=1S/C15H21ClN2O3.ClH/c1-20-6-7-21-14-5-4-12(9-13(14)16)18-15(19)10-2-3-11(17)8-10;/h4-5,9-11H,2-3,6-8,17H2,1H3,(H,18,19);1H. The highest BCUT2D eigenvalue weighted by Gasteiger charge is 2.27. The lowest BCUT2D eigenvalue weighted by atomic mass is 10.1. The molecule has 3 N–H and O–H groups in total. The molecule has 1 amide bonds. The molecule has 7 heteroatoms. The van der Waals surface area contributed by atoms with Crippen LogP contribution in [0.3, 0.4) is 0 Å². The Hall–Kier alpha value is -1.01. The van der Waals surface area contributed by atoms with Crippen LogP contribution in [0.2, 0.25) is 5.02 Å². The van der Waals surface area contributed by atoms with Crippen LogP contribution in [0.5, 0.6) is 5.75 Å². The third-order valence-corrected chi connectivity index (χ3v) is 3.88. The van der Waals surface area contributed by atoms with Gasteiger partial charge >= 0.3 is 0 Å². The molecular weight excluding hydrogens is 327 g/mol. The fourth-order valence-corrected chi connectivity index (χ4v) is 2.66. The van der Waals surface area contributed by atoms with Crippen LogP contribution in [0.4, 0.5) is 5.69 Å². The number of methoxy groups -OCH3 is 1. The van der Waals surface area contributed by atoms with Gasteiger partial charge in [0.25, 0.3) is 0 Å². The second-order valence-corrected chi connectivity index (χ2v) is 5.65. The normalized spacial score (nSPS) is 20.3. The van der Waals surface area contributed by atoms with Crippen molar-refractivity contribution in [2.45, 2.75) is 25.3 Å². The van der Waals surface area contributed by atoms with E-state index in [0.717, 1.165) is 19.3 Å². The molecule has 0 saturated heterocycles. The van der Waals surface area contributed by atoms with E-state index in [2.05, 4.69) is 5.32 Å². The molecule has 2 unspecified atom stereocenters. The van der Waals surface area contributed by atoms with E-state index in [0.29, 0.717) is 29.7 Å². The number of carbonyl (C=O) groups excluding carboxylic acids is 1. The van der Waals surface area contributed by atoms with Crippen molar-refractivity contribution in [3.8, 4) is 5.75 Å². The molecule has 124 valence electrons. The molecule has 0 aromatic heterocycles. The Morgan fingerprint density at radius 2 is 2.18 bits per heavy atom. The number of amides is 1. The molecular formula is C15H22Cl2N2O3. The molecule has 0 heterocycles. The maximum absolute atomic E-state index is 12.1. The van der Waals surface area contributed by atoms with Crippen LogP contribution in [0.25, 0.3) is 0 Å². The summed E-state index contributed by atoms with van der Waals surface area (Å²) in [6.45, 7) is 0.929. The van der Waals surface area contributed by atoms with Gasteiger partial charge in [0.15, 0.2) is 0 Å². The molecule has 1 aliphatic carbocycles. The summed E-state index contributed by atoms with van der Waals surface area (Å²) in [5.41, 5.74) is 6.50. The number of nitrogens with two attached hydrogens (primary N) is 1. The van der Waals surface area contributed by atoms with Gasteiger partial charge in [-0.2, -0.15) is 0 Å². The molecule has 1 aromatic rings. The maximum atomic E-state index is 12.1. The number of carbonyl (C=O) groups is 1. The van der Waals surface area contributed by atoms with Crippen LogP contribution in [-0.2, 0) is 9.53 Å². The largest absolute Gasteiger partial charge is 0.490 e. The van der Waals surface area contributed by atoms with E-state index >= 15 is 0 Å². The zero-order valence-corrected chi connectivity index (χ0v) is 14.1. The van der Waals surface area contributed by atoms with Gasteiger partial charge in [-0.15, -0.1) is 12.4 Å². The Bertz CT molecular complexity index is 500. The van der Waals surface area contributed by atoms with Crippen molar-refractivity contribution in [2.75, 3.05) is 25.6 Å². The molecule has 5 nitrogen and oxygen atoms in total. The summed E-state index contributed by atoms with van der Waals surface area (Å²) in [6.07, 6.45) is 2.50. The van der Waals surface area contributed by atoms with Crippen LogP contribution in [0.15, 0.2) is 18.2 Å². The number of benzene rings is 1. The van der Waals surface area contributed by atoms with Gasteiger partial charge < -0.3 is 20.5 Å². The third-order valence-electron chi connectivity index (χ3n) is 3.59. The number of rotatable bonds is 6. The van der Waals surface area contributed by atoms with Crippen molar-refractivity contribution in [3.05, 3.63) is 23.2 Å². The van der Waals surface area contributed by atoms with Crippen molar-refractivity contribution in [3.63, 3.8) is 0 Å². The zero-order chi connectivity index (χ0) is 15.2. The Balaban J connectivity index is 0.00000242. The lowest BCUT2D eigenvalue weighted by Crippen LogP contribution is -2.23. The minimum atomic E-state index is -0.00333. The van der Waals surface area contributed by atoms with Crippen LogP contribution < -0.4 is 15.8 Å². The Kier molecular flexibility index (Phi) is 7.96. The first-order chi connectivity index (χ1) is 10.1. The first kappa shape index (κ1) is 19.0. The van der Waals surface area contributed by atoms with Crippen molar-refractivity contribution in [1.82, 2.24) is 0 Å². The maximum Gasteiger partial charge on any atom is 0.227 e. The van der Waals surface area contributed by atoms with E-state index in [9.17, 15) is 4.79 Å². The van der Waals surface area contributed by atoms with Gasteiger partial charge in [-0.3, -0.25) is 4.79 Å². The predicted octanol–water partition coefficient (Wildman–Crippen LogP) is 2.85. The Morgan fingerprint density at radius 3 is 2.77 bits per heavy atom. The fraction of sp³-hybridized carbons (Fsp3) is 0.533. The lowest BCUT2D eigenvalue weighted by molar-refractivity contribution is -0.119. The summed E-state index contributed by atoms with van der Waals surface area (Å²) in [6, 6.07) is 5.35. The Morgan fingerprint density at radius 1 is 1.41 bits per heavy atom. The highest BCUT2D eigenvalue weighted by molar-refractivity contribution is 6.32. The Labute approximate surface area is 141 Å². The second kappa shape index (κ2) is 9.20. The molecule has 1 saturated carbocycles. The van der Waals surface area contributed by atoms with E-state index in [1.807, 2.05) is 0 Å². The molecule has 22 heavy (non-hydrogen) atoms. The topological polar surface area (TPSA) is 73.6 Å². The summed E-state index contributed by atoms with van der Waals surface area (Å²) in [5, 5.41) is 3.35. The number of hydrogen-bond acceptors (Lipinski definition) is 4. The van der Waals surface area contributed by atoms with Gasteiger partial charge in [-0.1, -0.05) is 11.6 Å². The summed E-state index contributed by atoms with van der Waals surface area (Å²) in [5.74, 6) is 0.582. The van der Waals surface area contributed by atoms with E-state index in [1.54, 1.807) is 25.3 Å². The average Bonchev–Trinajstić information content (AvgIpc) is 2.88. The van der Waals surface area contributed by atoms with Crippen LogP contribution in [-0.4, -0.2) is 32.3 Å². The fourth-order valence-electron chi connectivity index (χ4n) is 2.43. The van der Waals surface area contributed by atoms with Gasteiger partial charge in [0.2, 0.25) is 5.91 Å². The molecule has 1 aromatic carbocycles. The monoisotopic (exact) mass is 348 g/mol. The van der Waals surface area contributed by atoms with Crippen molar-refractivity contribution in [2.24, 2.45) is 11.7 Å². The van der Waals surface area contributed by atoms with Crippen LogP contribution >= 0.6 is 24.0 Å². The molecule has 0 spiro atoms. The molecule has 0 radical (unpaired) electrons. The quantitative estimate of drug-likeness (QED) is 0.775. The van der Waals surface area contributed by atoms with Crippen LogP contribution in [0, 0.1) is 5.92 Å². The molecule has 0 bridgehead atoms. The predicted molar refractivity (Wildman–Crippen MR) is 90.0 cm³/mol. The van der Waals surface area contributed by atoms with E-state index < -0.39 is 0 Å². The first-order valence-electron chi connectivity index (χ1n) is 7.08. The average molecular weight is 349 g/mol. The third kappa shape index (κ3) is 5.32. The number of anilines is 1. The summed E-state index contributed by atoms with van der Waals surface area (Å²) >= 11 is 6.14. The second-order valence-electron chi connectivity index (χ2n) is 5.25. The van der Waals surface area contributed by atoms with Crippen LogP contribution in [0.1, 0.15) is 19.3 Å². The van der Waals surface area contributed by atoms with E-state index in [4.69, 9.17) is 26.8 Å². The van der Waals surface area contributed by atoms with Crippen molar-refractivity contribution >= 4 is 35.6 Å². The highest BCUT2D eigenvalue weighted by atomic mass is 35.5. The summed E-state index contributed by atoms with van der Waals surface area (Å²) in [7, 11) is 1.61. The molecule has 0 aliphatic heterocycles. The first-order valence-corrected chi connectivity index (χ1v) is 7.45. The summed E-state index contributed by atoms with van der Waals surface area (Å²) in [4.78, 5) is 12.1. The van der Waals surface area contributed by atoms with Gasteiger partial charge in [-0.25, -0.2) is 0 Å². The molecule has 1 aliphatic rings. The minimum absolute atomic E-state index is 0. The minimum Gasteiger partial charge on any atom is -0.490 e. The van der Waals surface area contributed by atoms with Gasteiger partial charge in [0, 0.05) is 24.8 Å². The number of halogens is 2. The van der Waals surface area contributed by atoms with Crippen molar-refractivity contribution in [1.29, 1.82) is 0 Å². The van der Waals surface area contributed by atoms with Gasteiger partial charge in [0.1, 0.15) is 12.4 Å². The number of hydrogen-bond donors (Lipinski definition) is 2. The van der Waals surface area contributed by atoms with E-state index in [1.165, 1.54) is 0 Å². The van der Waals surface area contributed by atoms with Gasteiger partial charge in [0.05, 0.1) is 11.6 Å². The molecule has 2 rings (SSSR count).